The summed E-state index contributed by atoms with van der Waals surface area (Å²) >= 11 is 0. The summed E-state index contributed by atoms with van der Waals surface area (Å²) in [6, 6.07) is 0.501. The highest BCUT2D eigenvalue weighted by atomic mass is 16.6. The average Bonchev–Trinajstić information content (AvgIpc) is 3.10. The summed E-state index contributed by atoms with van der Waals surface area (Å²) in [5, 5.41) is 0. The van der Waals surface area contributed by atoms with E-state index >= 15 is 0 Å². The Morgan fingerprint density at radius 1 is 1.08 bits per heavy atom. The standard InChI is InChI=1S/C18H30N2O4/c1-13-6-5-7-14(2)19(13)15(21)22-10-18-11-23-16(3)8-9-17(4,20(16)18)24-12-18/h13-14H,5-12H2,1-4H3/t13-,14+,16-,17+,18?. The molecule has 4 heterocycles. The van der Waals surface area contributed by atoms with Gasteiger partial charge in [0.2, 0.25) is 0 Å². The lowest BCUT2D eigenvalue weighted by Gasteiger charge is -2.40. The maximum absolute atomic E-state index is 12.7. The van der Waals surface area contributed by atoms with Crippen molar-refractivity contribution in [3.63, 3.8) is 0 Å². The fraction of sp³-hybridized carbons (Fsp3) is 0.944. The summed E-state index contributed by atoms with van der Waals surface area (Å²) < 4.78 is 18.1. The molecule has 136 valence electrons. The molecule has 4 aliphatic heterocycles. The third-order valence-corrected chi connectivity index (χ3v) is 6.65. The Morgan fingerprint density at radius 2 is 1.62 bits per heavy atom. The molecule has 5 atom stereocenters. The molecule has 6 heteroatoms. The van der Waals surface area contributed by atoms with E-state index in [1.807, 2.05) is 4.90 Å². The smallest absolute Gasteiger partial charge is 0.410 e. The van der Waals surface area contributed by atoms with E-state index in [2.05, 4.69) is 32.6 Å². The van der Waals surface area contributed by atoms with Gasteiger partial charge in [0.1, 0.15) is 23.6 Å². The quantitative estimate of drug-likeness (QED) is 0.775. The van der Waals surface area contributed by atoms with Gasteiger partial charge < -0.3 is 19.1 Å². The van der Waals surface area contributed by atoms with Gasteiger partial charge >= 0.3 is 6.09 Å². The molecule has 1 unspecified atom stereocenters. The molecule has 0 aromatic heterocycles. The monoisotopic (exact) mass is 338 g/mol. The number of ether oxygens (including phenoxy) is 3. The van der Waals surface area contributed by atoms with Crippen LogP contribution >= 0.6 is 0 Å². The maximum atomic E-state index is 12.7. The van der Waals surface area contributed by atoms with Crippen molar-refractivity contribution in [1.82, 2.24) is 9.80 Å². The van der Waals surface area contributed by atoms with Crippen LogP contribution in [-0.4, -0.2) is 64.8 Å². The van der Waals surface area contributed by atoms with Crippen LogP contribution in [0.2, 0.25) is 0 Å². The molecule has 0 aromatic carbocycles. The van der Waals surface area contributed by atoms with Crippen LogP contribution in [0.25, 0.3) is 0 Å². The summed E-state index contributed by atoms with van der Waals surface area (Å²) in [4.78, 5) is 17.0. The first-order valence-corrected chi connectivity index (χ1v) is 9.33. The highest BCUT2D eigenvalue weighted by molar-refractivity contribution is 5.68. The van der Waals surface area contributed by atoms with Crippen molar-refractivity contribution in [1.29, 1.82) is 0 Å². The van der Waals surface area contributed by atoms with Crippen molar-refractivity contribution in [3.8, 4) is 0 Å². The number of hydrogen-bond donors (Lipinski definition) is 0. The zero-order valence-electron chi connectivity index (χ0n) is 15.3. The Morgan fingerprint density at radius 3 is 2.17 bits per heavy atom. The molecule has 4 fully saturated rings. The summed E-state index contributed by atoms with van der Waals surface area (Å²) in [6.07, 6.45) is 5.02. The number of hydrogen-bond acceptors (Lipinski definition) is 5. The molecule has 0 radical (unpaired) electrons. The van der Waals surface area contributed by atoms with Crippen molar-refractivity contribution in [2.45, 2.75) is 88.9 Å². The molecule has 6 nitrogen and oxygen atoms in total. The van der Waals surface area contributed by atoms with Crippen molar-refractivity contribution < 1.29 is 19.0 Å². The number of piperidine rings is 1. The Labute approximate surface area is 144 Å². The highest BCUT2D eigenvalue weighted by Gasteiger charge is 2.69. The molecular weight excluding hydrogens is 308 g/mol. The molecular formula is C18H30N2O4. The van der Waals surface area contributed by atoms with Gasteiger partial charge in [-0.25, -0.2) is 9.69 Å². The van der Waals surface area contributed by atoms with Crippen LogP contribution in [0, 0.1) is 0 Å². The third kappa shape index (κ3) is 2.22. The lowest BCUT2D eigenvalue weighted by molar-refractivity contribution is -0.125. The van der Waals surface area contributed by atoms with E-state index in [1.54, 1.807) is 0 Å². The minimum atomic E-state index is -0.335. The molecule has 4 rings (SSSR count). The summed E-state index contributed by atoms with van der Waals surface area (Å²) in [6.45, 7) is 9.96. The first-order chi connectivity index (χ1) is 11.3. The van der Waals surface area contributed by atoms with Gasteiger partial charge in [0.25, 0.3) is 0 Å². The summed E-state index contributed by atoms with van der Waals surface area (Å²) in [5.41, 5.74) is -0.912. The van der Waals surface area contributed by atoms with E-state index in [0.29, 0.717) is 19.8 Å². The fourth-order valence-electron chi connectivity index (χ4n) is 5.41. The van der Waals surface area contributed by atoms with E-state index in [-0.39, 0.29) is 35.2 Å². The van der Waals surface area contributed by atoms with Crippen molar-refractivity contribution in [2.24, 2.45) is 0 Å². The lowest BCUT2D eigenvalue weighted by atomic mass is 9.98. The van der Waals surface area contributed by atoms with Gasteiger partial charge in [-0.2, -0.15) is 0 Å². The van der Waals surface area contributed by atoms with Crippen LogP contribution in [0.3, 0.4) is 0 Å². The molecule has 0 bridgehead atoms. The van der Waals surface area contributed by atoms with Gasteiger partial charge in [0.05, 0.1) is 13.2 Å². The molecule has 4 aliphatic rings. The van der Waals surface area contributed by atoms with E-state index < -0.39 is 0 Å². The van der Waals surface area contributed by atoms with Crippen LogP contribution < -0.4 is 0 Å². The number of likely N-dealkylation sites (tertiary alicyclic amines) is 1. The average molecular weight is 338 g/mol. The van der Waals surface area contributed by atoms with Gasteiger partial charge in [-0.15, -0.1) is 0 Å². The first-order valence-electron chi connectivity index (χ1n) is 9.33. The number of carbonyl (C=O) groups is 1. The third-order valence-electron chi connectivity index (χ3n) is 6.65. The maximum Gasteiger partial charge on any atom is 0.410 e. The molecule has 0 aliphatic carbocycles. The molecule has 0 spiro atoms. The van der Waals surface area contributed by atoms with E-state index in [1.165, 1.54) is 6.42 Å². The van der Waals surface area contributed by atoms with Gasteiger partial charge in [0, 0.05) is 12.1 Å². The normalized spacial score (nSPS) is 47.9. The number of carbonyl (C=O) groups excluding carboxylic acids is 1. The molecule has 4 saturated heterocycles. The second-order valence-corrected chi connectivity index (χ2v) is 8.58. The second-order valence-electron chi connectivity index (χ2n) is 8.58. The topological polar surface area (TPSA) is 51.2 Å². The predicted molar refractivity (Wildman–Crippen MR) is 88.5 cm³/mol. The van der Waals surface area contributed by atoms with Crippen LogP contribution in [0.15, 0.2) is 0 Å². The molecule has 1 amide bonds. The van der Waals surface area contributed by atoms with Crippen LogP contribution in [0.5, 0.6) is 0 Å². The van der Waals surface area contributed by atoms with Crippen molar-refractivity contribution in [2.75, 3.05) is 19.8 Å². The second kappa shape index (κ2) is 5.32. The van der Waals surface area contributed by atoms with E-state index in [9.17, 15) is 4.79 Å². The van der Waals surface area contributed by atoms with Gasteiger partial charge in [-0.3, -0.25) is 0 Å². The van der Waals surface area contributed by atoms with E-state index in [4.69, 9.17) is 14.2 Å². The zero-order valence-corrected chi connectivity index (χ0v) is 15.3. The summed E-state index contributed by atoms with van der Waals surface area (Å²) in [5.74, 6) is 0. The Kier molecular flexibility index (Phi) is 3.68. The zero-order chi connectivity index (χ0) is 17.2. The van der Waals surface area contributed by atoms with Crippen LogP contribution in [-0.2, 0) is 14.2 Å². The largest absolute Gasteiger partial charge is 0.447 e. The fourth-order valence-corrected chi connectivity index (χ4v) is 5.41. The minimum absolute atomic E-state index is 0.189. The number of nitrogens with zero attached hydrogens (tertiary/aromatic N) is 2. The van der Waals surface area contributed by atoms with Crippen molar-refractivity contribution in [3.05, 3.63) is 0 Å². The molecule has 0 N–H and O–H groups in total. The lowest BCUT2D eigenvalue weighted by Crippen LogP contribution is -2.57. The number of amides is 1. The molecule has 0 aromatic rings. The Hall–Kier alpha value is -0.850. The van der Waals surface area contributed by atoms with Gasteiger partial charge in [0.15, 0.2) is 0 Å². The Bertz CT molecular complexity index is 509. The number of rotatable bonds is 2. The predicted octanol–water partition coefficient (Wildman–Crippen LogP) is 2.71. The van der Waals surface area contributed by atoms with E-state index in [0.717, 1.165) is 25.7 Å². The van der Waals surface area contributed by atoms with Crippen LogP contribution in [0.4, 0.5) is 4.79 Å². The Balaban J connectivity index is 1.47. The first kappa shape index (κ1) is 16.6. The molecule has 24 heavy (non-hydrogen) atoms. The van der Waals surface area contributed by atoms with Crippen LogP contribution in [0.1, 0.15) is 59.8 Å². The van der Waals surface area contributed by atoms with Gasteiger partial charge in [-0.1, -0.05) is 0 Å². The molecule has 0 saturated carbocycles. The SMILES string of the molecule is C[C@@H]1CCC[C@H](C)N1C(=O)OCC12CO[C@]3(C)CC[C@](C)(OC1)N23. The minimum Gasteiger partial charge on any atom is -0.447 e. The van der Waals surface area contributed by atoms with Gasteiger partial charge in [-0.05, 0) is 59.8 Å². The highest BCUT2D eigenvalue weighted by Crippen LogP contribution is 2.55. The summed E-state index contributed by atoms with van der Waals surface area (Å²) in [7, 11) is 0. The van der Waals surface area contributed by atoms with Crippen molar-refractivity contribution >= 4 is 6.09 Å².